The first-order valence-corrected chi connectivity index (χ1v) is 11.0. The van der Waals surface area contributed by atoms with Crippen LogP contribution in [0.1, 0.15) is 18.5 Å². The number of benzene rings is 2. The van der Waals surface area contributed by atoms with Crippen molar-refractivity contribution >= 4 is 45.6 Å². The molecule has 0 atom stereocenters. The summed E-state index contributed by atoms with van der Waals surface area (Å²) in [4.78, 5) is 22.0. The molecule has 0 bridgehead atoms. The number of rotatable bonds is 9. The van der Waals surface area contributed by atoms with Gasteiger partial charge in [0.05, 0.1) is 5.52 Å². The summed E-state index contributed by atoms with van der Waals surface area (Å²) in [6, 6.07) is 15.8. The molecule has 0 aliphatic heterocycles. The Bertz CT molecular complexity index is 1290. The second-order valence-electron chi connectivity index (χ2n) is 7.98. The van der Waals surface area contributed by atoms with Gasteiger partial charge in [0.1, 0.15) is 5.82 Å². The summed E-state index contributed by atoms with van der Waals surface area (Å²) in [5, 5.41) is 20.7. The van der Waals surface area contributed by atoms with Gasteiger partial charge in [-0.3, -0.25) is 14.7 Å². The van der Waals surface area contributed by atoms with Crippen molar-refractivity contribution in [3.8, 4) is 0 Å². The number of hydrogen-bond acceptors (Lipinski definition) is 8. The van der Waals surface area contributed by atoms with Gasteiger partial charge in [-0.05, 0) is 61.9 Å². The standard InChI is InChI=1S/C24H28N8O2/c1-16-20-11-10-19(15-21(20)29-32(16)3)31(2)22-12-14-26-24(28-22)27-18-8-6-17(7-9-18)25-13-4-5-23(33)30-34/h6-12,14-15,25,34H,4-5,13H2,1-3H3,(H,30,33)(H,26,27,28). The second-order valence-corrected chi connectivity index (χ2v) is 7.98. The molecular weight excluding hydrogens is 432 g/mol. The molecule has 0 radical (unpaired) electrons. The second kappa shape index (κ2) is 10.2. The molecule has 0 spiro atoms. The maximum absolute atomic E-state index is 11.0. The highest BCUT2D eigenvalue weighted by Gasteiger charge is 2.11. The van der Waals surface area contributed by atoms with Crippen LogP contribution < -0.4 is 21.0 Å². The molecule has 0 fully saturated rings. The lowest BCUT2D eigenvalue weighted by Gasteiger charge is -2.19. The van der Waals surface area contributed by atoms with Crippen LogP contribution >= 0.6 is 0 Å². The highest BCUT2D eigenvalue weighted by atomic mass is 16.5. The third kappa shape index (κ3) is 5.24. The van der Waals surface area contributed by atoms with Gasteiger partial charge in [-0.1, -0.05) is 0 Å². The van der Waals surface area contributed by atoms with E-state index in [4.69, 9.17) is 5.21 Å². The lowest BCUT2D eigenvalue weighted by atomic mass is 10.2. The van der Waals surface area contributed by atoms with Crippen LogP contribution in [0.25, 0.3) is 10.9 Å². The van der Waals surface area contributed by atoms with Crippen LogP contribution in [-0.2, 0) is 11.8 Å². The predicted molar refractivity (Wildman–Crippen MR) is 133 cm³/mol. The van der Waals surface area contributed by atoms with Crippen molar-refractivity contribution in [3.05, 3.63) is 60.4 Å². The van der Waals surface area contributed by atoms with Crippen LogP contribution in [0.5, 0.6) is 0 Å². The van der Waals surface area contributed by atoms with Gasteiger partial charge >= 0.3 is 0 Å². The highest BCUT2D eigenvalue weighted by Crippen LogP contribution is 2.27. The number of aromatic nitrogens is 4. The number of aryl methyl sites for hydroxylation is 2. The number of carbonyl (C=O) groups is 1. The number of anilines is 5. The predicted octanol–water partition coefficient (Wildman–Crippen LogP) is 3.88. The summed E-state index contributed by atoms with van der Waals surface area (Å²) in [7, 11) is 3.91. The van der Waals surface area contributed by atoms with Crippen molar-refractivity contribution in [2.24, 2.45) is 7.05 Å². The normalized spacial score (nSPS) is 10.8. The Morgan fingerprint density at radius 2 is 1.88 bits per heavy atom. The summed E-state index contributed by atoms with van der Waals surface area (Å²) in [5.74, 6) is 0.867. The first-order chi connectivity index (χ1) is 16.4. The lowest BCUT2D eigenvalue weighted by Crippen LogP contribution is -2.19. The zero-order chi connectivity index (χ0) is 24.1. The summed E-state index contributed by atoms with van der Waals surface area (Å²) < 4.78 is 1.89. The van der Waals surface area contributed by atoms with Gasteiger partial charge in [0.25, 0.3) is 0 Å². The van der Waals surface area contributed by atoms with Crippen LogP contribution in [0.2, 0.25) is 0 Å². The van der Waals surface area contributed by atoms with Crippen molar-refractivity contribution in [3.63, 3.8) is 0 Å². The lowest BCUT2D eigenvalue weighted by molar-refractivity contribution is -0.129. The molecule has 2 heterocycles. The molecule has 1 amide bonds. The van der Waals surface area contributed by atoms with E-state index < -0.39 is 0 Å². The quantitative estimate of drug-likeness (QED) is 0.169. The van der Waals surface area contributed by atoms with Crippen molar-refractivity contribution < 1.29 is 10.0 Å². The van der Waals surface area contributed by atoms with Crippen molar-refractivity contribution in [2.75, 3.05) is 29.1 Å². The minimum atomic E-state index is -0.387. The fraction of sp³-hybridized carbons (Fsp3) is 0.250. The zero-order valence-corrected chi connectivity index (χ0v) is 19.4. The highest BCUT2D eigenvalue weighted by molar-refractivity contribution is 5.85. The van der Waals surface area contributed by atoms with E-state index in [-0.39, 0.29) is 12.3 Å². The maximum Gasteiger partial charge on any atom is 0.243 e. The van der Waals surface area contributed by atoms with E-state index in [1.807, 2.05) is 54.0 Å². The fourth-order valence-corrected chi connectivity index (χ4v) is 3.59. The van der Waals surface area contributed by atoms with Gasteiger partial charge in [-0.2, -0.15) is 10.1 Å². The summed E-state index contributed by atoms with van der Waals surface area (Å²) >= 11 is 0. The molecule has 10 nitrogen and oxygen atoms in total. The summed E-state index contributed by atoms with van der Waals surface area (Å²) in [6.07, 6.45) is 2.61. The van der Waals surface area contributed by atoms with Crippen LogP contribution in [0.15, 0.2) is 54.7 Å². The van der Waals surface area contributed by atoms with E-state index in [0.717, 1.165) is 39.5 Å². The summed E-state index contributed by atoms with van der Waals surface area (Å²) in [5.41, 5.74) is 6.49. The van der Waals surface area contributed by atoms with E-state index >= 15 is 0 Å². The Kier molecular flexibility index (Phi) is 6.88. The number of nitrogens with zero attached hydrogens (tertiary/aromatic N) is 5. The summed E-state index contributed by atoms with van der Waals surface area (Å²) in [6.45, 7) is 2.68. The Morgan fingerprint density at radius 1 is 1.12 bits per heavy atom. The average molecular weight is 461 g/mol. The molecule has 0 aliphatic rings. The Labute approximate surface area is 197 Å². The SMILES string of the molecule is Cc1c2ccc(N(C)c3ccnc(Nc4ccc(NCCCC(=O)NO)cc4)n3)cc2nn1C. The third-order valence-electron chi connectivity index (χ3n) is 5.66. The van der Waals surface area contributed by atoms with Crippen LogP contribution in [-0.4, -0.2) is 44.5 Å². The Morgan fingerprint density at radius 3 is 2.65 bits per heavy atom. The molecule has 4 aromatic rings. The average Bonchev–Trinajstić information content (AvgIpc) is 3.15. The van der Waals surface area contributed by atoms with Crippen LogP contribution in [0.3, 0.4) is 0 Å². The molecule has 0 aliphatic carbocycles. The Balaban J connectivity index is 1.40. The fourth-order valence-electron chi connectivity index (χ4n) is 3.59. The molecule has 34 heavy (non-hydrogen) atoms. The minimum absolute atomic E-state index is 0.265. The van der Waals surface area contributed by atoms with Crippen LogP contribution in [0.4, 0.5) is 28.8 Å². The molecule has 0 saturated carbocycles. The Hall–Kier alpha value is -4.18. The maximum atomic E-state index is 11.0. The molecule has 4 rings (SSSR count). The van der Waals surface area contributed by atoms with Crippen molar-refractivity contribution in [2.45, 2.75) is 19.8 Å². The van der Waals surface area contributed by atoms with Crippen molar-refractivity contribution in [1.82, 2.24) is 25.2 Å². The molecule has 2 aromatic heterocycles. The smallest absolute Gasteiger partial charge is 0.243 e. The van der Waals surface area contributed by atoms with Gasteiger partial charge in [0.15, 0.2) is 0 Å². The first-order valence-electron chi connectivity index (χ1n) is 11.0. The zero-order valence-electron chi connectivity index (χ0n) is 19.4. The third-order valence-corrected chi connectivity index (χ3v) is 5.66. The minimum Gasteiger partial charge on any atom is -0.385 e. The van der Waals surface area contributed by atoms with E-state index in [2.05, 4.69) is 50.8 Å². The largest absolute Gasteiger partial charge is 0.385 e. The molecule has 4 N–H and O–H groups in total. The number of hydroxylamine groups is 1. The molecular formula is C24H28N8O2. The van der Waals surface area contributed by atoms with E-state index in [9.17, 15) is 4.79 Å². The molecule has 0 saturated heterocycles. The van der Waals surface area contributed by atoms with Crippen molar-refractivity contribution in [1.29, 1.82) is 0 Å². The van der Waals surface area contributed by atoms with Gasteiger partial charge < -0.3 is 15.5 Å². The molecule has 10 heteroatoms. The van der Waals surface area contributed by atoms with Crippen LogP contribution in [0, 0.1) is 6.92 Å². The van der Waals surface area contributed by atoms with E-state index in [0.29, 0.717) is 18.9 Å². The number of fused-ring (bicyclic) bond motifs is 1. The van der Waals surface area contributed by atoms with E-state index in [1.165, 1.54) is 0 Å². The molecule has 176 valence electrons. The van der Waals surface area contributed by atoms with E-state index in [1.54, 1.807) is 11.7 Å². The monoisotopic (exact) mass is 460 g/mol. The number of nitrogens with one attached hydrogen (secondary N) is 3. The first kappa shape index (κ1) is 23.0. The van der Waals surface area contributed by atoms with Gasteiger partial charge in [-0.15, -0.1) is 0 Å². The topological polar surface area (TPSA) is 120 Å². The van der Waals surface area contributed by atoms with Gasteiger partial charge in [-0.25, -0.2) is 10.5 Å². The van der Waals surface area contributed by atoms with Gasteiger partial charge in [0, 0.05) is 61.4 Å². The number of amides is 1. The number of hydrogen-bond donors (Lipinski definition) is 4. The molecule has 2 aromatic carbocycles. The molecule has 0 unspecified atom stereocenters. The number of carbonyl (C=O) groups excluding carboxylic acids is 1. The van der Waals surface area contributed by atoms with Gasteiger partial charge in [0.2, 0.25) is 11.9 Å².